The number of fused-ring (bicyclic) bond motifs is 1. The molecular formula is C18H21N5O2. The van der Waals surface area contributed by atoms with Gasteiger partial charge in [-0.3, -0.25) is 14.7 Å². The van der Waals surface area contributed by atoms with Crippen LogP contribution in [0, 0.1) is 13.8 Å². The van der Waals surface area contributed by atoms with Crippen LogP contribution in [0.15, 0.2) is 35.1 Å². The molecule has 0 aliphatic rings. The molecule has 4 N–H and O–H groups in total. The van der Waals surface area contributed by atoms with E-state index in [-0.39, 0.29) is 11.5 Å². The molecule has 0 saturated heterocycles. The van der Waals surface area contributed by atoms with Gasteiger partial charge in [0.2, 0.25) is 5.91 Å². The van der Waals surface area contributed by atoms with E-state index < -0.39 is 0 Å². The van der Waals surface area contributed by atoms with Crippen molar-refractivity contribution in [2.75, 3.05) is 5.73 Å². The van der Waals surface area contributed by atoms with Gasteiger partial charge in [-0.1, -0.05) is 18.2 Å². The van der Waals surface area contributed by atoms with Gasteiger partial charge in [0.25, 0.3) is 5.56 Å². The number of aromatic nitrogens is 3. The van der Waals surface area contributed by atoms with E-state index in [0.717, 1.165) is 22.5 Å². The number of nitrogens with one attached hydrogen (secondary N) is 2. The zero-order chi connectivity index (χ0) is 18.0. The standard InChI is InChI=1S/C18H21N5O2/c1-11-14(12(2)23-16(21-11)9-18(25)22-23)10-20-17(24)8-7-13-5-3-4-6-15(13)19/h3-6,9H,7-8,10,19H2,1-2H3,(H,20,24)(H,22,25). The molecule has 1 amide bonds. The molecule has 0 aliphatic heterocycles. The van der Waals surface area contributed by atoms with Crippen LogP contribution in [0.1, 0.15) is 28.9 Å². The number of carbonyl (C=O) groups is 1. The Kier molecular flexibility index (Phi) is 4.56. The number of carbonyl (C=O) groups excluding carboxylic acids is 1. The largest absolute Gasteiger partial charge is 0.399 e. The predicted octanol–water partition coefficient (Wildman–Crippen LogP) is 1.47. The number of nitrogens with two attached hydrogens (primary N) is 1. The Balaban J connectivity index is 1.67. The Labute approximate surface area is 144 Å². The molecule has 0 aliphatic carbocycles. The van der Waals surface area contributed by atoms with Gasteiger partial charge < -0.3 is 11.1 Å². The molecule has 3 aromatic rings. The highest BCUT2D eigenvalue weighted by Crippen LogP contribution is 2.14. The molecule has 0 radical (unpaired) electrons. The summed E-state index contributed by atoms with van der Waals surface area (Å²) in [6, 6.07) is 9.00. The van der Waals surface area contributed by atoms with Crippen molar-refractivity contribution in [3.8, 4) is 0 Å². The summed E-state index contributed by atoms with van der Waals surface area (Å²) >= 11 is 0. The normalized spacial score (nSPS) is 11.0. The van der Waals surface area contributed by atoms with E-state index in [2.05, 4.69) is 15.4 Å². The van der Waals surface area contributed by atoms with Crippen LogP contribution < -0.4 is 16.6 Å². The molecule has 7 nitrogen and oxygen atoms in total. The van der Waals surface area contributed by atoms with E-state index >= 15 is 0 Å². The van der Waals surface area contributed by atoms with Crippen LogP contribution in [0.25, 0.3) is 5.65 Å². The van der Waals surface area contributed by atoms with Crippen LogP contribution in [0.5, 0.6) is 0 Å². The number of nitrogens with zero attached hydrogens (tertiary/aromatic N) is 2. The summed E-state index contributed by atoms with van der Waals surface area (Å²) < 4.78 is 1.64. The first-order chi connectivity index (χ1) is 12.0. The zero-order valence-electron chi connectivity index (χ0n) is 14.3. The van der Waals surface area contributed by atoms with Crippen molar-refractivity contribution in [3.05, 3.63) is 63.2 Å². The molecule has 0 unspecified atom stereocenters. The van der Waals surface area contributed by atoms with Crippen molar-refractivity contribution in [1.82, 2.24) is 19.9 Å². The Morgan fingerprint density at radius 3 is 2.84 bits per heavy atom. The molecule has 1 aromatic carbocycles. The maximum Gasteiger partial charge on any atom is 0.266 e. The number of hydrogen-bond donors (Lipinski definition) is 3. The molecule has 25 heavy (non-hydrogen) atoms. The van der Waals surface area contributed by atoms with E-state index in [1.54, 1.807) is 4.52 Å². The lowest BCUT2D eigenvalue weighted by Gasteiger charge is -2.12. The van der Waals surface area contributed by atoms with E-state index in [9.17, 15) is 9.59 Å². The van der Waals surface area contributed by atoms with Gasteiger partial charge in [0.1, 0.15) is 0 Å². The van der Waals surface area contributed by atoms with Crippen LogP contribution in [0.4, 0.5) is 5.69 Å². The molecule has 130 valence electrons. The number of hydrogen-bond acceptors (Lipinski definition) is 4. The average Bonchev–Trinajstić information content (AvgIpc) is 2.94. The van der Waals surface area contributed by atoms with E-state index in [1.165, 1.54) is 6.07 Å². The van der Waals surface area contributed by atoms with Crippen LogP contribution in [0.2, 0.25) is 0 Å². The smallest absolute Gasteiger partial charge is 0.266 e. The van der Waals surface area contributed by atoms with Crippen molar-refractivity contribution in [1.29, 1.82) is 0 Å². The molecule has 2 heterocycles. The maximum atomic E-state index is 12.2. The summed E-state index contributed by atoms with van der Waals surface area (Å²) in [5.41, 5.74) is 10.5. The second-order valence-corrected chi connectivity index (χ2v) is 6.05. The average molecular weight is 339 g/mol. The van der Waals surface area contributed by atoms with E-state index in [1.807, 2.05) is 38.1 Å². The fourth-order valence-electron chi connectivity index (χ4n) is 2.90. The van der Waals surface area contributed by atoms with E-state index in [0.29, 0.717) is 30.7 Å². The molecule has 3 rings (SSSR count). The summed E-state index contributed by atoms with van der Waals surface area (Å²) in [6.07, 6.45) is 0.959. The van der Waals surface area contributed by atoms with Gasteiger partial charge in [0.15, 0.2) is 5.65 Å². The Hall–Kier alpha value is -3.09. The number of H-pyrrole nitrogens is 1. The van der Waals surface area contributed by atoms with Gasteiger partial charge >= 0.3 is 0 Å². The van der Waals surface area contributed by atoms with Crippen molar-refractivity contribution in [2.45, 2.75) is 33.2 Å². The van der Waals surface area contributed by atoms with Gasteiger partial charge in [0.05, 0.1) is 0 Å². The SMILES string of the molecule is Cc1nc2cc(=O)[nH]n2c(C)c1CNC(=O)CCc1ccccc1N. The molecular weight excluding hydrogens is 318 g/mol. The lowest BCUT2D eigenvalue weighted by atomic mass is 10.1. The number of aryl methyl sites for hydroxylation is 3. The first-order valence-corrected chi connectivity index (χ1v) is 8.13. The van der Waals surface area contributed by atoms with Crippen LogP contribution in [0.3, 0.4) is 0 Å². The highest BCUT2D eigenvalue weighted by atomic mass is 16.1. The molecule has 2 aromatic heterocycles. The fourth-order valence-corrected chi connectivity index (χ4v) is 2.90. The van der Waals surface area contributed by atoms with Crippen molar-refractivity contribution in [3.63, 3.8) is 0 Å². The third-order valence-corrected chi connectivity index (χ3v) is 4.34. The molecule has 0 fully saturated rings. The van der Waals surface area contributed by atoms with Gasteiger partial charge in [-0.25, -0.2) is 9.50 Å². The second kappa shape index (κ2) is 6.80. The molecule has 0 atom stereocenters. The first kappa shape index (κ1) is 16.8. The predicted molar refractivity (Wildman–Crippen MR) is 96.3 cm³/mol. The monoisotopic (exact) mass is 339 g/mol. The number of benzene rings is 1. The van der Waals surface area contributed by atoms with Gasteiger partial charge in [0, 0.05) is 41.7 Å². The highest BCUT2D eigenvalue weighted by molar-refractivity contribution is 5.76. The summed E-state index contributed by atoms with van der Waals surface area (Å²) in [5.74, 6) is -0.0526. The van der Waals surface area contributed by atoms with Crippen LogP contribution >= 0.6 is 0 Å². The summed E-state index contributed by atoms with van der Waals surface area (Å²) in [6.45, 7) is 4.13. The maximum absolute atomic E-state index is 12.2. The van der Waals surface area contributed by atoms with Gasteiger partial charge in [-0.2, -0.15) is 0 Å². The minimum atomic E-state index is -0.198. The lowest BCUT2D eigenvalue weighted by molar-refractivity contribution is -0.121. The molecule has 0 spiro atoms. The van der Waals surface area contributed by atoms with Crippen LogP contribution in [-0.2, 0) is 17.8 Å². The molecule has 0 bridgehead atoms. The Bertz CT molecular complexity index is 987. The van der Waals surface area contributed by atoms with Crippen molar-refractivity contribution >= 4 is 17.2 Å². The van der Waals surface area contributed by atoms with Crippen LogP contribution in [-0.4, -0.2) is 20.5 Å². The zero-order valence-corrected chi connectivity index (χ0v) is 14.3. The highest BCUT2D eigenvalue weighted by Gasteiger charge is 2.12. The number of nitrogen functional groups attached to an aromatic ring is 1. The Morgan fingerprint density at radius 1 is 1.32 bits per heavy atom. The number of para-hydroxylation sites is 1. The number of aromatic amines is 1. The van der Waals surface area contributed by atoms with Gasteiger partial charge in [-0.05, 0) is 31.9 Å². The number of amides is 1. The summed E-state index contributed by atoms with van der Waals surface area (Å²) in [5, 5.41) is 5.62. The summed E-state index contributed by atoms with van der Waals surface area (Å²) in [4.78, 5) is 28.0. The molecule has 7 heteroatoms. The second-order valence-electron chi connectivity index (χ2n) is 6.05. The minimum absolute atomic E-state index is 0.0526. The number of rotatable bonds is 5. The van der Waals surface area contributed by atoms with Crippen molar-refractivity contribution in [2.24, 2.45) is 0 Å². The Morgan fingerprint density at radius 2 is 2.08 bits per heavy atom. The van der Waals surface area contributed by atoms with Crippen molar-refractivity contribution < 1.29 is 4.79 Å². The third-order valence-electron chi connectivity index (χ3n) is 4.34. The van der Waals surface area contributed by atoms with E-state index in [4.69, 9.17) is 5.73 Å². The summed E-state index contributed by atoms with van der Waals surface area (Å²) in [7, 11) is 0. The molecule has 0 saturated carbocycles. The number of anilines is 1. The van der Waals surface area contributed by atoms with Gasteiger partial charge in [-0.15, -0.1) is 0 Å². The quantitative estimate of drug-likeness (QED) is 0.612. The fraction of sp³-hybridized carbons (Fsp3) is 0.278. The first-order valence-electron chi connectivity index (χ1n) is 8.13. The topological polar surface area (TPSA) is 105 Å². The minimum Gasteiger partial charge on any atom is -0.399 e. The lowest BCUT2D eigenvalue weighted by Crippen LogP contribution is -2.25. The third kappa shape index (κ3) is 3.55.